The van der Waals surface area contributed by atoms with Crippen molar-refractivity contribution in [3.8, 4) is 0 Å². The number of hydrogen-bond donors (Lipinski definition) is 2. The normalized spacial score (nSPS) is 25.1. The molecule has 1 aliphatic heterocycles. The Balaban J connectivity index is 1.75. The molecule has 2 nitrogen and oxygen atoms in total. The Morgan fingerprint density at radius 1 is 1.56 bits per heavy atom. The van der Waals surface area contributed by atoms with Gasteiger partial charge in [-0.2, -0.15) is 0 Å². The van der Waals surface area contributed by atoms with E-state index in [1.54, 1.807) is 0 Å². The molecule has 1 saturated heterocycles. The lowest BCUT2D eigenvalue weighted by atomic mass is 10.0. The van der Waals surface area contributed by atoms with Gasteiger partial charge in [-0.1, -0.05) is 6.92 Å². The minimum absolute atomic E-state index is 0.682. The lowest BCUT2D eigenvalue weighted by Crippen LogP contribution is -2.30. The Morgan fingerprint density at radius 2 is 2.44 bits per heavy atom. The van der Waals surface area contributed by atoms with Crippen molar-refractivity contribution >= 4 is 11.3 Å². The smallest absolute Gasteiger partial charge is 0.0302 e. The number of nitrogens with one attached hydrogen (secondary N) is 2. The van der Waals surface area contributed by atoms with E-state index < -0.39 is 0 Å². The largest absolute Gasteiger partial charge is 0.314 e. The van der Waals surface area contributed by atoms with Crippen molar-refractivity contribution in [2.75, 3.05) is 13.1 Å². The van der Waals surface area contributed by atoms with Crippen molar-refractivity contribution in [1.82, 2.24) is 10.6 Å². The van der Waals surface area contributed by atoms with E-state index in [9.17, 15) is 0 Å². The van der Waals surface area contributed by atoms with Crippen molar-refractivity contribution in [3.05, 3.63) is 21.9 Å². The van der Waals surface area contributed by atoms with Crippen LogP contribution in [0.4, 0.5) is 0 Å². The van der Waals surface area contributed by atoms with Crippen molar-refractivity contribution < 1.29 is 0 Å². The van der Waals surface area contributed by atoms with E-state index in [2.05, 4.69) is 35.9 Å². The molecule has 0 aliphatic carbocycles. The van der Waals surface area contributed by atoms with Gasteiger partial charge in [-0.05, 0) is 55.8 Å². The van der Waals surface area contributed by atoms with Gasteiger partial charge in [0.05, 0.1) is 0 Å². The number of rotatable bonds is 5. The third-order valence-electron chi connectivity index (χ3n) is 3.60. The van der Waals surface area contributed by atoms with Gasteiger partial charge in [0.25, 0.3) is 0 Å². The summed E-state index contributed by atoms with van der Waals surface area (Å²) in [5.74, 6) is 0.810. The van der Waals surface area contributed by atoms with Crippen LogP contribution in [0.25, 0.3) is 0 Å². The van der Waals surface area contributed by atoms with Crippen LogP contribution in [-0.2, 0) is 13.0 Å². The average molecular weight is 238 g/mol. The molecule has 1 aliphatic rings. The standard InChI is InChI=1S/C13H22N2S/c1-3-11-5-7-16-13(11)9-14-8-12-4-6-15-10(12)2/h5,7,10,12,14-15H,3-4,6,8-9H2,1-2H3. The molecule has 2 unspecified atom stereocenters. The van der Waals surface area contributed by atoms with E-state index in [0.29, 0.717) is 6.04 Å². The first-order chi connectivity index (χ1) is 7.81. The molecule has 1 fully saturated rings. The molecule has 90 valence electrons. The molecule has 1 aromatic heterocycles. The summed E-state index contributed by atoms with van der Waals surface area (Å²) in [6.07, 6.45) is 2.47. The lowest BCUT2D eigenvalue weighted by Gasteiger charge is -2.15. The highest BCUT2D eigenvalue weighted by atomic mass is 32.1. The molecule has 2 atom stereocenters. The first kappa shape index (κ1) is 12.1. The van der Waals surface area contributed by atoms with E-state index in [4.69, 9.17) is 0 Å². The quantitative estimate of drug-likeness (QED) is 0.823. The topological polar surface area (TPSA) is 24.1 Å². The molecule has 0 saturated carbocycles. The average Bonchev–Trinajstić information content (AvgIpc) is 2.88. The van der Waals surface area contributed by atoms with Crippen molar-refractivity contribution in [2.24, 2.45) is 5.92 Å². The Bertz CT molecular complexity index is 321. The van der Waals surface area contributed by atoms with Crippen LogP contribution in [0.1, 0.15) is 30.7 Å². The van der Waals surface area contributed by atoms with E-state index in [1.165, 1.54) is 23.4 Å². The van der Waals surface area contributed by atoms with Crippen LogP contribution >= 0.6 is 11.3 Å². The van der Waals surface area contributed by atoms with E-state index in [0.717, 1.165) is 25.4 Å². The van der Waals surface area contributed by atoms with Gasteiger partial charge in [-0.25, -0.2) is 0 Å². The highest BCUT2D eigenvalue weighted by Crippen LogP contribution is 2.18. The number of thiophene rings is 1. The third kappa shape index (κ3) is 2.84. The SMILES string of the molecule is CCc1ccsc1CNCC1CCNC1C. The first-order valence-electron chi connectivity index (χ1n) is 6.30. The van der Waals surface area contributed by atoms with Gasteiger partial charge in [-0.3, -0.25) is 0 Å². The predicted octanol–water partition coefficient (Wildman–Crippen LogP) is 2.40. The van der Waals surface area contributed by atoms with Gasteiger partial charge in [-0.15, -0.1) is 11.3 Å². The monoisotopic (exact) mass is 238 g/mol. The zero-order chi connectivity index (χ0) is 11.4. The van der Waals surface area contributed by atoms with Crippen LogP contribution in [-0.4, -0.2) is 19.1 Å². The van der Waals surface area contributed by atoms with E-state index in [-0.39, 0.29) is 0 Å². The molecule has 3 heteroatoms. The molecule has 1 aromatic rings. The van der Waals surface area contributed by atoms with Crippen molar-refractivity contribution in [2.45, 2.75) is 39.3 Å². The number of aryl methyl sites for hydroxylation is 1. The summed E-state index contributed by atoms with van der Waals surface area (Å²) < 4.78 is 0. The van der Waals surface area contributed by atoms with Crippen LogP contribution in [0.2, 0.25) is 0 Å². The molecule has 2 heterocycles. The van der Waals surface area contributed by atoms with Crippen LogP contribution in [0.15, 0.2) is 11.4 Å². The van der Waals surface area contributed by atoms with Crippen LogP contribution in [0, 0.1) is 5.92 Å². The molecule has 0 bridgehead atoms. The summed E-state index contributed by atoms with van der Waals surface area (Å²) in [6.45, 7) is 7.91. The van der Waals surface area contributed by atoms with Gasteiger partial charge >= 0.3 is 0 Å². The van der Waals surface area contributed by atoms with Crippen LogP contribution in [0.5, 0.6) is 0 Å². The van der Waals surface area contributed by atoms with Gasteiger partial charge in [0.1, 0.15) is 0 Å². The predicted molar refractivity (Wildman–Crippen MR) is 71.0 cm³/mol. The van der Waals surface area contributed by atoms with Crippen molar-refractivity contribution in [1.29, 1.82) is 0 Å². The fraction of sp³-hybridized carbons (Fsp3) is 0.692. The first-order valence-corrected chi connectivity index (χ1v) is 7.18. The Kier molecular flexibility index (Phi) is 4.38. The van der Waals surface area contributed by atoms with E-state index in [1.807, 2.05) is 11.3 Å². The molecule has 0 spiro atoms. The second kappa shape index (κ2) is 5.80. The summed E-state index contributed by atoms with van der Waals surface area (Å²) in [4.78, 5) is 1.51. The molecular weight excluding hydrogens is 216 g/mol. The molecular formula is C13H22N2S. The summed E-state index contributed by atoms with van der Waals surface area (Å²) in [5.41, 5.74) is 1.51. The molecule has 16 heavy (non-hydrogen) atoms. The minimum atomic E-state index is 0.682. The third-order valence-corrected chi connectivity index (χ3v) is 4.56. The molecule has 0 amide bonds. The Morgan fingerprint density at radius 3 is 3.12 bits per heavy atom. The fourth-order valence-corrected chi connectivity index (χ4v) is 3.35. The zero-order valence-corrected chi connectivity index (χ0v) is 11.1. The maximum absolute atomic E-state index is 3.61. The molecule has 2 N–H and O–H groups in total. The van der Waals surface area contributed by atoms with Gasteiger partial charge in [0.2, 0.25) is 0 Å². The summed E-state index contributed by atoms with van der Waals surface area (Å²) in [6, 6.07) is 2.93. The van der Waals surface area contributed by atoms with Crippen LogP contribution < -0.4 is 10.6 Å². The second-order valence-electron chi connectivity index (χ2n) is 4.65. The fourth-order valence-electron chi connectivity index (χ4n) is 2.40. The minimum Gasteiger partial charge on any atom is -0.314 e. The highest BCUT2D eigenvalue weighted by molar-refractivity contribution is 7.10. The lowest BCUT2D eigenvalue weighted by molar-refractivity contribution is 0.440. The summed E-state index contributed by atoms with van der Waals surface area (Å²) in [7, 11) is 0. The van der Waals surface area contributed by atoms with Crippen LogP contribution in [0.3, 0.4) is 0 Å². The maximum Gasteiger partial charge on any atom is 0.0302 e. The Labute approximate surface area is 102 Å². The number of hydrogen-bond acceptors (Lipinski definition) is 3. The maximum atomic E-state index is 3.61. The molecule has 0 aromatic carbocycles. The molecule has 2 rings (SSSR count). The highest BCUT2D eigenvalue weighted by Gasteiger charge is 2.21. The second-order valence-corrected chi connectivity index (χ2v) is 5.65. The Hall–Kier alpha value is -0.380. The van der Waals surface area contributed by atoms with E-state index >= 15 is 0 Å². The summed E-state index contributed by atoms with van der Waals surface area (Å²) >= 11 is 1.88. The van der Waals surface area contributed by atoms with Gasteiger partial charge < -0.3 is 10.6 Å². The zero-order valence-electron chi connectivity index (χ0n) is 10.3. The van der Waals surface area contributed by atoms with Crippen molar-refractivity contribution in [3.63, 3.8) is 0 Å². The molecule has 0 radical (unpaired) electrons. The van der Waals surface area contributed by atoms with Gasteiger partial charge in [0.15, 0.2) is 0 Å². The summed E-state index contributed by atoms with van der Waals surface area (Å²) in [5, 5.41) is 9.31. The van der Waals surface area contributed by atoms with Gasteiger partial charge in [0, 0.05) is 17.5 Å².